The van der Waals surface area contributed by atoms with Crippen LogP contribution in [-0.4, -0.2) is 35.7 Å². The van der Waals surface area contributed by atoms with Crippen LogP contribution >= 0.6 is 0 Å². The molecule has 2 saturated carbocycles. The molecule has 2 unspecified atom stereocenters. The van der Waals surface area contributed by atoms with Gasteiger partial charge in [0, 0.05) is 19.2 Å². The number of aliphatic hydroxyl groups excluding tert-OH is 1. The van der Waals surface area contributed by atoms with Gasteiger partial charge in [0.1, 0.15) is 5.82 Å². The molecule has 4 nitrogen and oxygen atoms in total. The molecule has 0 bridgehead atoms. The Kier molecular flexibility index (Phi) is 5.39. The molecule has 0 spiro atoms. The maximum Gasteiger partial charge on any atom is 0.317 e. The zero-order valence-electron chi connectivity index (χ0n) is 14.2. The fraction of sp³-hybridized carbons (Fsp3) is 0.632. The molecule has 24 heavy (non-hydrogen) atoms. The number of likely N-dealkylation sites (N-methyl/N-ethyl adjacent to an activating group) is 1. The van der Waals surface area contributed by atoms with Crippen LogP contribution in [0.1, 0.15) is 50.1 Å². The monoisotopic (exact) mass is 334 g/mol. The molecule has 132 valence electrons. The number of urea groups is 1. The van der Waals surface area contributed by atoms with Crippen LogP contribution in [0.4, 0.5) is 9.18 Å². The van der Waals surface area contributed by atoms with Gasteiger partial charge >= 0.3 is 6.03 Å². The van der Waals surface area contributed by atoms with E-state index in [0.29, 0.717) is 18.0 Å². The van der Waals surface area contributed by atoms with Crippen LogP contribution in [0.3, 0.4) is 0 Å². The van der Waals surface area contributed by atoms with Crippen molar-refractivity contribution in [2.45, 2.75) is 50.7 Å². The number of carbonyl (C=O) groups excluding carboxylic acids is 1. The third kappa shape index (κ3) is 4.07. The summed E-state index contributed by atoms with van der Waals surface area (Å²) in [6.07, 6.45) is 5.89. The highest BCUT2D eigenvalue weighted by atomic mass is 19.1. The standard InChI is InChI=1S/C19H27FN2O2/c1-22(12-17(23)13-10-11-13)19(24)21-18(14-6-2-3-7-14)15-8-4-5-9-16(15)20/h4-5,8-9,13-14,17-18,23H,2-3,6-7,10-12H2,1H3,(H,21,24). The second-order valence-corrected chi connectivity index (χ2v) is 7.28. The van der Waals surface area contributed by atoms with Gasteiger partial charge in [-0.15, -0.1) is 0 Å². The average Bonchev–Trinajstić information content (AvgIpc) is 3.29. The lowest BCUT2D eigenvalue weighted by atomic mass is 9.91. The summed E-state index contributed by atoms with van der Waals surface area (Å²) in [7, 11) is 1.69. The maximum atomic E-state index is 14.3. The molecular weight excluding hydrogens is 307 g/mol. The van der Waals surface area contributed by atoms with Gasteiger partial charge in [-0.05, 0) is 43.6 Å². The van der Waals surface area contributed by atoms with E-state index in [9.17, 15) is 14.3 Å². The molecule has 0 saturated heterocycles. The minimum absolute atomic E-state index is 0.241. The van der Waals surface area contributed by atoms with Crippen LogP contribution in [0.2, 0.25) is 0 Å². The molecule has 2 amide bonds. The molecule has 0 radical (unpaired) electrons. The van der Waals surface area contributed by atoms with Gasteiger partial charge in [-0.2, -0.15) is 0 Å². The number of halogens is 1. The third-order valence-electron chi connectivity index (χ3n) is 5.36. The fourth-order valence-corrected chi connectivity index (χ4v) is 3.70. The smallest absolute Gasteiger partial charge is 0.317 e. The van der Waals surface area contributed by atoms with Crippen molar-refractivity contribution in [3.8, 4) is 0 Å². The SMILES string of the molecule is CN(CC(O)C1CC1)C(=O)NC(c1ccccc1F)C1CCCC1. The second-order valence-electron chi connectivity index (χ2n) is 7.28. The van der Waals surface area contributed by atoms with Crippen molar-refractivity contribution in [3.05, 3.63) is 35.6 Å². The van der Waals surface area contributed by atoms with E-state index >= 15 is 0 Å². The molecule has 0 aromatic heterocycles. The van der Waals surface area contributed by atoms with E-state index in [-0.39, 0.29) is 23.8 Å². The number of amides is 2. The van der Waals surface area contributed by atoms with Crippen LogP contribution in [0.5, 0.6) is 0 Å². The molecule has 1 aromatic carbocycles. The summed E-state index contributed by atoms with van der Waals surface area (Å²) in [5, 5.41) is 13.0. The predicted molar refractivity (Wildman–Crippen MR) is 91.0 cm³/mol. The molecule has 0 heterocycles. The minimum Gasteiger partial charge on any atom is -0.391 e. The van der Waals surface area contributed by atoms with Crippen molar-refractivity contribution in [2.24, 2.45) is 11.8 Å². The fourth-order valence-electron chi connectivity index (χ4n) is 3.70. The van der Waals surface area contributed by atoms with Gasteiger partial charge in [0.05, 0.1) is 12.1 Å². The Morgan fingerprint density at radius 3 is 2.54 bits per heavy atom. The van der Waals surface area contributed by atoms with E-state index in [0.717, 1.165) is 38.5 Å². The van der Waals surface area contributed by atoms with Crippen molar-refractivity contribution in [1.82, 2.24) is 10.2 Å². The largest absolute Gasteiger partial charge is 0.391 e. The van der Waals surface area contributed by atoms with Gasteiger partial charge in [-0.3, -0.25) is 0 Å². The molecule has 1 aromatic rings. The van der Waals surface area contributed by atoms with Crippen LogP contribution in [0, 0.1) is 17.7 Å². The van der Waals surface area contributed by atoms with Crippen LogP contribution in [0.15, 0.2) is 24.3 Å². The van der Waals surface area contributed by atoms with Crippen molar-refractivity contribution in [3.63, 3.8) is 0 Å². The number of nitrogens with zero attached hydrogens (tertiary/aromatic N) is 1. The van der Waals surface area contributed by atoms with E-state index in [1.807, 2.05) is 6.07 Å². The molecule has 2 fully saturated rings. The van der Waals surface area contributed by atoms with E-state index in [4.69, 9.17) is 0 Å². The normalized spacial score (nSPS) is 20.6. The first-order chi connectivity index (χ1) is 11.6. The topological polar surface area (TPSA) is 52.6 Å². The predicted octanol–water partition coefficient (Wildman–Crippen LogP) is 3.47. The Balaban J connectivity index is 1.68. The number of nitrogens with one attached hydrogen (secondary N) is 1. The summed E-state index contributed by atoms with van der Waals surface area (Å²) in [6.45, 7) is 0.325. The first-order valence-corrected chi connectivity index (χ1v) is 9.00. The Labute approximate surface area is 143 Å². The maximum absolute atomic E-state index is 14.3. The summed E-state index contributed by atoms with van der Waals surface area (Å²) >= 11 is 0. The molecule has 3 rings (SSSR count). The van der Waals surface area contributed by atoms with Crippen LogP contribution in [0.25, 0.3) is 0 Å². The van der Waals surface area contributed by atoms with E-state index in [1.54, 1.807) is 19.2 Å². The van der Waals surface area contributed by atoms with Gasteiger partial charge in [-0.1, -0.05) is 31.0 Å². The Morgan fingerprint density at radius 1 is 1.25 bits per heavy atom. The van der Waals surface area contributed by atoms with Gasteiger partial charge in [0.15, 0.2) is 0 Å². The lowest BCUT2D eigenvalue weighted by Gasteiger charge is -2.29. The van der Waals surface area contributed by atoms with Crippen molar-refractivity contribution >= 4 is 6.03 Å². The summed E-state index contributed by atoms with van der Waals surface area (Å²) in [6, 6.07) is 6.15. The third-order valence-corrected chi connectivity index (χ3v) is 5.36. The summed E-state index contributed by atoms with van der Waals surface area (Å²) in [5.74, 6) is 0.334. The Bertz CT molecular complexity index is 570. The average molecular weight is 334 g/mol. The first-order valence-electron chi connectivity index (χ1n) is 9.00. The molecule has 0 aliphatic heterocycles. The van der Waals surface area contributed by atoms with Gasteiger partial charge in [0.25, 0.3) is 0 Å². The Morgan fingerprint density at radius 2 is 1.92 bits per heavy atom. The molecule has 2 N–H and O–H groups in total. The summed E-state index contributed by atoms with van der Waals surface area (Å²) < 4.78 is 14.3. The number of rotatable bonds is 6. The summed E-state index contributed by atoms with van der Waals surface area (Å²) in [4.78, 5) is 14.1. The molecular formula is C19H27FN2O2. The highest BCUT2D eigenvalue weighted by Crippen LogP contribution is 2.37. The molecule has 2 aliphatic carbocycles. The minimum atomic E-state index is -0.459. The van der Waals surface area contributed by atoms with Gasteiger partial charge < -0.3 is 15.3 Å². The first kappa shape index (κ1) is 17.2. The number of hydrogen-bond acceptors (Lipinski definition) is 2. The van der Waals surface area contributed by atoms with Gasteiger partial charge in [-0.25, -0.2) is 9.18 Å². The van der Waals surface area contributed by atoms with Crippen LogP contribution < -0.4 is 5.32 Å². The number of benzene rings is 1. The molecule has 2 aliphatic rings. The number of hydrogen-bond donors (Lipinski definition) is 2. The molecule has 5 heteroatoms. The number of carbonyl (C=O) groups is 1. The zero-order valence-corrected chi connectivity index (χ0v) is 14.2. The molecule has 2 atom stereocenters. The number of aliphatic hydroxyl groups is 1. The lowest BCUT2D eigenvalue weighted by molar-refractivity contribution is 0.111. The van der Waals surface area contributed by atoms with Crippen molar-refractivity contribution < 1.29 is 14.3 Å². The highest BCUT2D eigenvalue weighted by molar-refractivity contribution is 5.74. The van der Waals surface area contributed by atoms with Crippen LogP contribution in [-0.2, 0) is 0 Å². The second kappa shape index (κ2) is 7.51. The van der Waals surface area contributed by atoms with E-state index < -0.39 is 6.10 Å². The van der Waals surface area contributed by atoms with Gasteiger partial charge in [0.2, 0.25) is 0 Å². The van der Waals surface area contributed by atoms with E-state index in [2.05, 4.69) is 5.32 Å². The van der Waals surface area contributed by atoms with E-state index in [1.165, 1.54) is 11.0 Å². The highest BCUT2D eigenvalue weighted by Gasteiger charge is 2.33. The van der Waals surface area contributed by atoms with Crippen molar-refractivity contribution in [1.29, 1.82) is 0 Å². The lowest BCUT2D eigenvalue weighted by Crippen LogP contribution is -2.44. The summed E-state index contributed by atoms with van der Waals surface area (Å²) in [5.41, 5.74) is 0.564. The zero-order chi connectivity index (χ0) is 17.1. The Hall–Kier alpha value is -1.62. The quantitative estimate of drug-likeness (QED) is 0.837. The van der Waals surface area contributed by atoms with Crippen molar-refractivity contribution in [2.75, 3.05) is 13.6 Å².